The van der Waals surface area contributed by atoms with Crippen LogP contribution in [0.2, 0.25) is 0 Å². The van der Waals surface area contributed by atoms with E-state index < -0.39 is 5.60 Å². The second-order valence-electron chi connectivity index (χ2n) is 9.75. The lowest BCUT2D eigenvalue weighted by atomic mass is 9.46. The minimum atomic E-state index is -0.418. The van der Waals surface area contributed by atoms with E-state index in [4.69, 9.17) is 14.2 Å². The molecule has 0 spiro atoms. The molecule has 3 heteroatoms. The smallest absolute Gasteiger partial charge is 0.127 e. The maximum Gasteiger partial charge on any atom is 0.127 e. The molecule has 2 saturated heterocycles. The summed E-state index contributed by atoms with van der Waals surface area (Å²) in [5.41, 5.74) is 1.56. The molecule has 3 atom stereocenters. The van der Waals surface area contributed by atoms with E-state index in [9.17, 15) is 0 Å². The highest BCUT2D eigenvalue weighted by Crippen LogP contribution is 2.66. The molecule has 2 aromatic carbocycles. The van der Waals surface area contributed by atoms with E-state index in [0.29, 0.717) is 0 Å². The van der Waals surface area contributed by atoms with Crippen LogP contribution in [0, 0.1) is 10.8 Å². The van der Waals surface area contributed by atoms with Crippen molar-refractivity contribution in [3.8, 4) is 16.9 Å². The Kier molecular flexibility index (Phi) is 5.27. The van der Waals surface area contributed by atoms with Gasteiger partial charge in [-0.2, -0.15) is 0 Å². The van der Waals surface area contributed by atoms with Gasteiger partial charge in [0.25, 0.3) is 0 Å². The van der Waals surface area contributed by atoms with Gasteiger partial charge in [-0.05, 0) is 63.8 Å². The van der Waals surface area contributed by atoms with Crippen LogP contribution in [0.15, 0.2) is 54.6 Å². The van der Waals surface area contributed by atoms with Gasteiger partial charge in [-0.15, -0.1) is 0 Å². The monoisotopic (exact) mass is 408 g/mol. The Labute approximate surface area is 181 Å². The highest BCUT2D eigenvalue weighted by molar-refractivity contribution is 5.64. The van der Waals surface area contributed by atoms with E-state index in [2.05, 4.69) is 90.1 Å². The fourth-order valence-electron chi connectivity index (χ4n) is 6.54. The zero-order valence-electron chi connectivity index (χ0n) is 19.3. The van der Waals surface area contributed by atoms with E-state index in [-0.39, 0.29) is 22.5 Å². The van der Waals surface area contributed by atoms with Crippen LogP contribution in [0.3, 0.4) is 0 Å². The van der Waals surface area contributed by atoms with Crippen LogP contribution in [0.5, 0.6) is 5.75 Å². The van der Waals surface area contributed by atoms with Gasteiger partial charge in [-0.3, -0.25) is 0 Å². The van der Waals surface area contributed by atoms with Crippen molar-refractivity contribution in [3.05, 3.63) is 54.6 Å². The largest absolute Gasteiger partial charge is 0.486 e. The fraction of sp³-hybridized carbons (Fsp3) is 0.556. The molecule has 2 heterocycles. The zero-order valence-corrected chi connectivity index (χ0v) is 19.3. The van der Waals surface area contributed by atoms with Crippen molar-refractivity contribution >= 4 is 0 Å². The second-order valence-corrected chi connectivity index (χ2v) is 9.75. The SMILES string of the molecule is CCC1(C(C)(Oc2cccc(-c3ccccc3)c2)C2(CC)C(C)OC2(C)C)COC1. The molecule has 2 fully saturated rings. The van der Waals surface area contributed by atoms with Crippen LogP contribution in [-0.2, 0) is 9.47 Å². The van der Waals surface area contributed by atoms with Crippen LogP contribution in [0.1, 0.15) is 54.4 Å². The number of hydrogen-bond donors (Lipinski definition) is 0. The molecule has 2 aliphatic rings. The van der Waals surface area contributed by atoms with Crippen LogP contribution >= 0.6 is 0 Å². The first kappa shape index (κ1) is 21.4. The topological polar surface area (TPSA) is 27.7 Å². The minimum absolute atomic E-state index is 0.0267. The van der Waals surface area contributed by atoms with Gasteiger partial charge in [0.15, 0.2) is 0 Å². The maximum absolute atomic E-state index is 7.11. The molecule has 3 unspecified atom stereocenters. The minimum Gasteiger partial charge on any atom is -0.486 e. The van der Waals surface area contributed by atoms with Crippen LogP contribution in [0.25, 0.3) is 11.1 Å². The third-order valence-electron chi connectivity index (χ3n) is 8.36. The summed E-state index contributed by atoms with van der Waals surface area (Å²) in [6.07, 6.45) is 2.15. The van der Waals surface area contributed by atoms with E-state index in [1.807, 2.05) is 6.07 Å². The molecule has 3 nitrogen and oxygen atoms in total. The molecule has 0 N–H and O–H groups in total. The van der Waals surface area contributed by atoms with E-state index in [1.54, 1.807) is 0 Å². The molecule has 162 valence electrons. The summed E-state index contributed by atoms with van der Waals surface area (Å²) in [6, 6.07) is 19.0. The van der Waals surface area contributed by atoms with Crippen molar-refractivity contribution in [2.45, 2.75) is 71.7 Å². The van der Waals surface area contributed by atoms with Gasteiger partial charge in [0.2, 0.25) is 0 Å². The molecule has 0 aromatic heterocycles. The Morgan fingerprint density at radius 1 is 0.967 bits per heavy atom. The van der Waals surface area contributed by atoms with Crippen LogP contribution in [0.4, 0.5) is 0 Å². The number of ether oxygens (including phenoxy) is 3. The quantitative estimate of drug-likeness (QED) is 0.522. The standard InChI is InChI=1S/C27H36O3/c1-7-26(18-28-19-26)25(6,27(8-2)20(3)29-24(27,4)5)30-23-16-12-15-22(17-23)21-13-10-9-11-14-21/h9-17,20H,7-8,18-19H2,1-6H3. The summed E-state index contributed by atoms with van der Waals surface area (Å²) in [5, 5.41) is 0. The van der Waals surface area contributed by atoms with Crippen LogP contribution in [-0.4, -0.2) is 30.5 Å². The van der Waals surface area contributed by atoms with Crippen LogP contribution < -0.4 is 4.74 Å². The summed E-state index contributed by atoms with van der Waals surface area (Å²) in [7, 11) is 0. The summed E-state index contributed by atoms with van der Waals surface area (Å²) in [6.45, 7) is 15.0. The molecular weight excluding hydrogens is 372 g/mol. The molecule has 2 aliphatic heterocycles. The lowest BCUT2D eigenvalue weighted by molar-refractivity contribution is -0.386. The van der Waals surface area contributed by atoms with Crippen molar-refractivity contribution in [1.29, 1.82) is 0 Å². The predicted octanol–water partition coefficient (Wildman–Crippen LogP) is 6.51. The summed E-state index contributed by atoms with van der Waals surface area (Å²) in [5.74, 6) is 0.918. The third kappa shape index (κ3) is 2.78. The Morgan fingerprint density at radius 3 is 2.13 bits per heavy atom. The van der Waals surface area contributed by atoms with Gasteiger partial charge in [0, 0.05) is 0 Å². The van der Waals surface area contributed by atoms with Gasteiger partial charge >= 0.3 is 0 Å². The summed E-state index contributed by atoms with van der Waals surface area (Å²) < 4.78 is 19.2. The molecule has 0 saturated carbocycles. The van der Waals surface area contributed by atoms with Gasteiger partial charge in [0.05, 0.1) is 35.7 Å². The zero-order chi connectivity index (χ0) is 21.6. The number of rotatable bonds is 7. The highest BCUT2D eigenvalue weighted by atomic mass is 16.6. The first-order valence-electron chi connectivity index (χ1n) is 11.4. The first-order chi connectivity index (χ1) is 14.3. The highest BCUT2D eigenvalue weighted by Gasteiger charge is 2.75. The first-order valence-corrected chi connectivity index (χ1v) is 11.4. The van der Waals surface area contributed by atoms with Crippen molar-refractivity contribution in [3.63, 3.8) is 0 Å². The van der Waals surface area contributed by atoms with Gasteiger partial charge < -0.3 is 14.2 Å². The predicted molar refractivity (Wildman–Crippen MR) is 122 cm³/mol. The lowest BCUT2D eigenvalue weighted by Crippen LogP contribution is -2.81. The third-order valence-corrected chi connectivity index (χ3v) is 8.36. The Morgan fingerprint density at radius 2 is 1.63 bits per heavy atom. The second kappa shape index (κ2) is 7.39. The normalized spacial score (nSPS) is 28.7. The Balaban J connectivity index is 1.80. The average Bonchev–Trinajstić information content (AvgIpc) is 2.68. The van der Waals surface area contributed by atoms with Crippen molar-refractivity contribution in [2.75, 3.05) is 13.2 Å². The molecule has 0 amide bonds. The van der Waals surface area contributed by atoms with Crippen molar-refractivity contribution in [1.82, 2.24) is 0 Å². The fourth-order valence-corrected chi connectivity index (χ4v) is 6.54. The number of benzene rings is 2. The summed E-state index contributed by atoms with van der Waals surface area (Å²) in [4.78, 5) is 0. The molecule has 0 bridgehead atoms. The van der Waals surface area contributed by atoms with Crippen molar-refractivity contribution in [2.24, 2.45) is 10.8 Å². The number of hydrogen-bond acceptors (Lipinski definition) is 3. The van der Waals surface area contributed by atoms with Gasteiger partial charge in [-0.25, -0.2) is 0 Å². The van der Waals surface area contributed by atoms with Gasteiger partial charge in [-0.1, -0.05) is 56.3 Å². The van der Waals surface area contributed by atoms with Crippen molar-refractivity contribution < 1.29 is 14.2 Å². The lowest BCUT2D eigenvalue weighted by Gasteiger charge is -2.71. The Bertz CT molecular complexity index is 880. The van der Waals surface area contributed by atoms with E-state index in [0.717, 1.165) is 31.8 Å². The molecular formula is C27H36O3. The van der Waals surface area contributed by atoms with E-state index in [1.165, 1.54) is 11.1 Å². The van der Waals surface area contributed by atoms with E-state index >= 15 is 0 Å². The molecule has 0 aliphatic carbocycles. The molecule has 2 aromatic rings. The summed E-state index contributed by atoms with van der Waals surface area (Å²) >= 11 is 0. The van der Waals surface area contributed by atoms with Gasteiger partial charge in [0.1, 0.15) is 11.4 Å². The molecule has 4 rings (SSSR count). The molecule has 30 heavy (non-hydrogen) atoms. The molecule has 0 radical (unpaired) electrons. The average molecular weight is 409 g/mol. The Hall–Kier alpha value is -1.84. The maximum atomic E-state index is 7.11.